The molecule has 0 saturated carbocycles. The summed E-state index contributed by atoms with van der Waals surface area (Å²) in [5.41, 5.74) is 3.44. The number of benzene rings is 3. The summed E-state index contributed by atoms with van der Waals surface area (Å²) >= 11 is 7.57. The second kappa shape index (κ2) is 11.4. The van der Waals surface area contributed by atoms with Gasteiger partial charge in [0.15, 0.2) is 0 Å². The molecule has 2 aliphatic heterocycles. The summed E-state index contributed by atoms with van der Waals surface area (Å²) in [4.78, 5) is 33.8. The van der Waals surface area contributed by atoms with Crippen LogP contribution in [-0.4, -0.2) is 63.0 Å². The van der Waals surface area contributed by atoms with Crippen LogP contribution < -0.4 is 15.1 Å². The first-order valence-electron chi connectivity index (χ1n) is 12.4. The van der Waals surface area contributed by atoms with Crippen molar-refractivity contribution in [2.45, 2.75) is 4.90 Å². The smallest absolute Gasteiger partial charge is 0.264 e. The number of thioether (sulfide) groups is 1. The number of likely N-dealkylation sites (N-methyl/N-ethyl adjacent to an activating group) is 1. The van der Waals surface area contributed by atoms with Crippen LogP contribution in [0, 0.1) is 0 Å². The lowest BCUT2D eigenvalue weighted by Crippen LogP contribution is -2.48. The normalized spacial score (nSPS) is 17.1. The highest BCUT2D eigenvalue weighted by atomic mass is 35.5. The van der Waals surface area contributed by atoms with Crippen molar-refractivity contribution in [2.24, 2.45) is 0 Å². The molecule has 0 radical (unpaired) electrons. The number of anilines is 2. The molecule has 8 heteroatoms. The van der Waals surface area contributed by atoms with Gasteiger partial charge in [-0.3, -0.25) is 14.5 Å². The highest BCUT2D eigenvalue weighted by Gasteiger charge is 2.27. The third-order valence-corrected chi connectivity index (χ3v) is 7.99. The van der Waals surface area contributed by atoms with Gasteiger partial charge in [-0.25, -0.2) is 0 Å². The lowest BCUT2D eigenvalue weighted by Gasteiger charge is -2.36. The van der Waals surface area contributed by atoms with Gasteiger partial charge in [-0.05, 0) is 48.0 Å². The zero-order chi connectivity index (χ0) is 25.8. The van der Waals surface area contributed by atoms with Gasteiger partial charge in [-0.2, -0.15) is 0 Å². The van der Waals surface area contributed by atoms with E-state index in [1.165, 1.54) is 11.8 Å². The van der Waals surface area contributed by atoms with Crippen molar-refractivity contribution in [3.05, 3.63) is 93.9 Å². The van der Waals surface area contributed by atoms with Crippen molar-refractivity contribution in [1.82, 2.24) is 10.2 Å². The van der Waals surface area contributed by atoms with Crippen molar-refractivity contribution in [3.8, 4) is 0 Å². The van der Waals surface area contributed by atoms with E-state index in [0.29, 0.717) is 17.0 Å². The highest BCUT2D eigenvalue weighted by molar-refractivity contribution is 8.04. The Kier molecular flexibility index (Phi) is 7.84. The molecule has 2 heterocycles. The van der Waals surface area contributed by atoms with Gasteiger partial charge >= 0.3 is 0 Å². The molecule has 0 spiro atoms. The van der Waals surface area contributed by atoms with Gasteiger partial charge in [-0.1, -0.05) is 59.8 Å². The summed E-state index contributed by atoms with van der Waals surface area (Å²) in [5, 5.41) is 3.79. The number of halogens is 1. The summed E-state index contributed by atoms with van der Waals surface area (Å²) in [5.74, 6) is -0.201. The Hall–Kier alpha value is -3.26. The molecule has 5 rings (SSSR count). The number of carbonyl (C=O) groups excluding carboxylic acids is 2. The standard InChI is InChI=1S/C29H29ClN4O2S/c1-32-25-19-22(10-11-26(25)37-27(29(32)36)18-21-6-3-2-4-7-21)28(35)31-12-13-33-14-16-34(17-15-33)24-9-5-8-23(30)20-24/h2-11,18-20H,12-17H2,1H3,(H,31,35). The van der Waals surface area contributed by atoms with Crippen molar-refractivity contribution >= 4 is 52.6 Å². The predicted molar refractivity (Wildman–Crippen MR) is 153 cm³/mol. The minimum Gasteiger partial charge on any atom is -0.369 e. The Labute approximate surface area is 226 Å². The number of piperazine rings is 1. The van der Waals surface area contributed by atoms with Crippen LogP contribution in [0.25, 0.3) is 6.08 Å². The quantitative estimate of drug-likeness (QED) is 0.453. The Morgan fingerprint density at radius 2 is 1.78 bits per heavy atom. The molecule has 6 nitrogen and oxygen atoms in total. The van der Waals surface area contributed by atoms with Gasteiger partial charge in [0.25, 0.3) is 11.8 Å². The zero-order valence-corrected chi connectivity index (χ0v) is 22.3. The largest absolute Gasteiger partial charge is 0.369 e. The van der Waals surface area contributed by atoms with E-state index >= 15 is 0 Å². The van der Waals surface area contributed by atoms with Crippen LogP contribution in [0.2, 0.25) is 5.02 Å². The molecular weight excluding hydrogens is 504 g/mol. The lowest BCUT2D eigenvalue weighted by atomic mass is 10.1. The van der Waals surface area contributed by atoms with E-state index in [0.717, 1.165) is 59.6 Å². The molecule has 3 aromatic rings. The number of rotatable bonds is 6. The monoisotopic (exact) mass is 532 g/mol. The molecule has 0 atom stereocenters. The summed E-state index contributed by atoms with van der Waals surface area (Å²) < 4.78 is 0. The molecule has 1 saturated heterocycles. The molecule has 190 valence electrons. The summed E-state index contributed by atoms with van der Waals surface area (Å²) in [6, 6.07) is 23.3. The fraction of sp³-hybridized carbons (Fsp3) is 0.241. The fourth-order valence-corrected chi connectivity index (χ4v) is 5.84. The number of carbonyl (C=O) groups is 2. The second-order valence-electron chi connectivity index (χ2n) is 9.13. The maximum absolute atomic E-state index is 13.0. The molecule has 3 aromatic carbocycles. The number of hydrogen-bond acceptors (Lipinski definition) is 5. The maximum atomic E-state index is 13.0. The number of amides is 2. The maximum Gasteiger partial charge on any atom is 0.264 e. The first kappa shape index (κ1) is 25.4. The van der Waals surface area contributed by atoms with Crippen LogP contribution in [0.5, 0.6) is 0 Å². The molecule has 0 aliphatic carbocycles. The average Bonchev–Trinajstić information content (AvgIpc) is 2.92. The van der Waals surface area contributed by atoms with E-state index in [1.54, 1.807) is 18.0 Å². The minimum atomic E-state index is -0.128. The van der Waals surface area contributed by atoms with Crippen molar-refractivity contribution in [2.75, 3.05) is 56.1 Å². The molecule has 1 fully saturated rings. The second-order valence-corrected chi connectivity index (χ2v) is 10.7. The van der Waals surface area contributed by atoms with Crippen LogP contribution >= 0.6 is 23.4 Å². The zero-order valence-electron chi connectivity index (χ0n) is 20.7. The molecule has 0 bridgehead atoms. The molecular formula is C29H29ClN4O2S. The van der Waals surface area contributed by atoms with Gasteiger partial charge in [0, 0.05) is 67.5 Å². The Balaban J connectivity index is 1.15. The molecule has 2 aliphatic rings. The van der Waals surface area contributed by atoms with Crippen LogP contribution in [0.15, 0.2) is 82.6 Å². The van der Waals surface area contributed by atoms with Crippen LogP contribution in [0.4, 0.5) is 11.4 Å². The van der Waals surface area contributed by atoms with Crippen molar-refractivity contribution in [3.63, 3.8) is 0 Å². The summed E-state index contributed by atoms with van der Waals surface area (Å²) in [7, 11) is 1.75. The molecule has 1 N–H and O–H groups in total. The third-order valence-electron chi connectivity index (χ3n) is 6.67. The van der Waals surface area contributed by atoms with E-state index in [-0.39, 0.29) is 11.8 Å². The Bertz CT molecular complexity index is 1320. The topological polar surface area (TPSA) is 55.9 Å². The Morgan fingerprint density at radius 3 is 2.54 bits per heavy atom. The van der Waals surface area contributed by atoms with Gasteiger partial charge in [-0.15, -0.1) is 0 Å². The van der Waals surface area contributed by atoms with Gasteiger partial charge < -0.3 is 15.1 Å². The van der Waals surface area contributed by atoms with E-state index in [4.69, 9.17) is 11.6 Å². The molecule has 2 amide bonds. The van der Waals surface area contributed by atoms with Crippen molar-refractivity contribution < 1.29 is 9.59 Å². The average molecular weight is 533 g/mol. The van der Waals surface area contributed by atoms with Gasteiger partial charge in [0.1, 0.15) is 0 Å². The van der Waals surface area contributed by atoms with Gasteiger partial charge in [0.05, 0.1) is 10.6 Å². The van der Waals surface area contributed by atoms with Crippen LogP contribution in [0.1, 0.15) is 15.9 Å². The number of fused-ring (bicyclic) bond motifs is 1. The van der Waals surface area contributed by atoms with Crippen LogP contribution in [0.3, 0.4) is 0 Å². The fourth-order valence-electron chi connectivity index (χ4n) is 4.57. The Morgan fingerprint density at radius 1 is 1.00 bits per heavy atom. The number of nitrogens with zero attached hydrogens (tertiary/aromatic N) is 3. The third kappa shape index (κ3) is 6.01. The minimum absolute atomic E-state index is 0.0733. The lowest BCUT2D eigenvalue weighted by molar-refractivity contribution is -0.114. The number of nitrogens with one attached hydrogen (secondary N) is 1. The molecule has 0 aromatic heterocycles. The van der Waals surface area contributed by atoms with E-state index in [9.17, 15) is 9.59 Å². The van der Waals surface area contributed by atoms with E-state index < -0.39 is 0 Å². The van der Waals surface area contributed by atoms with E-state index in [2.05, 4.69) is 21.2 Å². The molecule has 0 unspecified atom stereocenters. The van der Waals surface area contributed by atoms with Gasteiger partial charge in [0.2, 0.25) is 0 Å². The summed E-state index contributed by atoms with van der Waals surface area (Å²) in [6.07, 6.45) is 1.90. The van der Waals surface area contributed by atoms with Crippen LogP contribution in [-0.2, 0) is 4.79 Å². The van der Waals surface area contributed by atoms with Crippen molar-refractivity contribution in [1.29, 1.82) is 0 Å². The SMILES string of the molecule is CN1C(=O)C(=Cc2ccccc2)Sc2ccc(C(=O)NCCN3CCN(c4cccc(Cl)c4)CC3)cc21. The highest BCUT2D eigenvalue weighted by Crippen LogP contribution is 2.42. The van der Waals surface area contributed by atoms with E-state index in [1.807, 2.05) is 66.7 Å². The first-order chi connectivity index (χ1) is 18.0. The summed E-state index contributed by atoms with van der Waals surface area (Å²) in [6.45, 7) is 5.09. The molecule has 37 heavy (non-hydrogen) atoms. The first-order valence-corrected chi connectivity index (χ1v) is 13.6. The predicted octanol–water partition coefficient (Wildman–Crippen LogP) is 5.00. The number of hydrogen-bond donors (Lipinski definition) is 1.